The molecule has 1 fully saturated rings. The van der Waals surface area contributed by atoms with E-state index in [-0.39, 0.29) is 11.9 Å². The van der Waals surface area contributed by atoms with Crippen molar-refractivity contribution in [3.63, 3.8) is 0 Å². The number of thioether (sulfide) groups is 1. The minimum Gasteiger partial charge on any atom is -0.353 e. The van der Waals surface area contributed by atoms with E-state index in [9.17, 15) is 4.79 Å². The molecule has 2 aromatic heterocycles. The molecule has 5 nitrogen and oxygen atoms in total. The third-order valence-corrected chi connectivity index (χ3v) is 5.78. The molecule has 0 radical (unpaired) electrons. The van der Waals surface area contributed by atoms with E-state index in [1.165, 1.54) is 43.1 Å². The number of hydrogen-bond donors (Lipinski definition) is 1. The first-order chi connectivity index (χ1) is 12.7. The van der Waals surface area contributed by atoms with E-state index < -0.39 is 0 Å². The van der Waals surface area contributed by atoms with Gasteiger partial charge in [-0.05, 0) is 56.5 Å². The Labute approximate surface area is 160 Å². The zero-order valence-corrected chi connectivity index (χ0v) is 16.5. The summed E-state index contributed by atoms with van der Waals surface area (Å²) in [6.07, 6.45) is 10.8. The number of likely N-dealkylation sites (tertiary alicyclic amines) is 1. The van der Waals surface area contributed by atoms with Gasteiger partial charge in [0.2, 0.25) is 0 Å². The highest BCUT2D eigenvalue weighted by molar-refractivity contribution is 7.98. The SMILES string of the molecule is CSc1ncccc1C(=O)NCC(c1cccn1C)N1CCCCCC1. The summed E-state index contributed by atoms with van der Waals surface area (Å²) in [5.41, 5.74) is 1.91. The second kappa shape index (κ2) is 9.24. The highest BCUT2D eigenvalue weighted by Gasteiger charge is 2.24. The van der Waals surface area contributed by atoms with E-state index in [1.807, 2.05) is 18.4 Å². The lowest BCUT2D eigenvalue weighted by atomic mass is 10.1. The van der Waals surface area contributed by atoms with E-state index >= 15 is 0 Å². The van der Waals surface area contributed by atoms with Crippen molar-refractivity contribution in [1.82, 2.24) is 19.8 Å². The van der Waals surface area contributed by atoms with Gasteiger partial charge in [-0.3, -0.25) is 9.69 Å². The minimum absolute atomic E-state index is 0.0449. The predicted octanol–water partition coefficient (Wildman–Crippen LogP) is 3.49. The maximum absolute atomic E-state index is 12.7. The Morgan fingerprint density at radius 2 is 2.00 bits per heavy atom. The minimum atomic E-state index is -0.0449. The van der Waals surface area contributed by atoms with Crippen LogP contribution in [0.1, 0.15) is 47.8 Å². The van der Waals surface area contributed by atoms with Crippen LogP contribution in [0.25, 0.3) is 0 Å². The summed E-state index contributed by atoms with van der Waals surface area (Å²) in [6.45, 7) is 2.79. The zero-order valence-electron chi connectivity index (χ0n) is 15.6. The Bertz CT molecular complexity index is 722. The molecule has 3 heterocycles. The fraction of sp³-hybridized carbons (Fsp3) is 0.500. The van der Waals surface area contributed by atoms with Crippen LogP contribution in [-0.4, -0.2) is 46.2 Å². The molecular formula is C20H28N4OS. The molecule has 1 aliphatic rings. The first-order valence-electron chi connectivity index (χ1n) is 9.33. The highest BCUT2D eigenvalue weighted by Crippen LogP contribution is 2.24. The second-order valence-corrected chi connectivity index (χ2v) is 7.58. The second-order valence-electron chi connectivity index (χ2n) is 6.78. The average Bonchev–Trinajstić information content (AvgIpc) is 2.92. The maximum Gasteiger partial charge on any atom is 0.254 e. The van der Waals surface area contributed by atoms with Crippen LogP contribution in [0.15, 0.2) is 41.7 Å². The average molecular weight is 373 g/mol. The van der Waals surface area contributed by atoms with E-state index in [0.717, 1.165) is 18.1 Å². The Hall–Kier alpha value is -1.79. The molecule has 1 saturated heterocycles. The number of nitrogens with zero attached hydrogens (tertiary/aromatic N) is 3. The molecule has 1 unspecified atom stereocenters. The maximum atomic E-state index is 12.7. The fourth-order valence-corrected chi connectivity index (χ4v) is 4.21. The van der Waals surface area contributed by atoms with Crippen molar-refractivity contribution in [2.75, 3.05) is 25.9 Å². The summed E-state index contributed by atoms with van der Waals surface area (Å²) in [7, 11) is 2.08. The Morgan fingerprint density at radius 1 is 1.23 bits per heavy atom. The lowest BCUT2D eigenvalue weighted by molar-refractivity contribution is 0.0928. The van der Waals surface area contributed by atoms with Crippen LogP contribution in [0.3, 0.4) is 0 Å². The number of nitrogens with one attached hydrogen (secondary N) is 1. The van der Waals surface area contributed by atoms with Gasteiger partial charge in [-0.2, -0.15) is 0 Å². The van der Waals surface area contributed by atoms with Gasteiger partial charge in [-0.1, -0.05) is 12.8 Å². The number of pyridine rings is 1. The molecule has 0 aliphatic carbocycles. The monoisotopic (exact) mass is 372 g/mol. The Morgan fingerprint density at radius 3 is 2.65 bits per heavy atom. The van der Waals surface area contributed by atoms with Crippen molar-refractivity contribution in [1.29, 1.82) is 0 Å². The largest absolute Gasteiger partial charge is 0.353 e. The summed E-state index contributed by atoms with van der Waals surface area (Å²) < 4.78 is 2.17. The van der Waals surface area contributed by atoms with Gasteiger partial charge in [0.05, 0.1) is 11.6 Å². The van der Waals surface area contributed by atoms with E-state index in [0.29, 0.717) is 12.1 Å². The molecule has 140 valence electrons. The zero-order chi connectivity index (χ0) is 18.4. The van der Waals surface area contributed by atoms with Gasteiger partial charge in [-0.25, -0.2) is 4.98 Å². The molecule has 0 saturated carbocycles. The Balaban J connectivity index is 1.75. The van der Waals surface area contributed by atoms with Crippen LogP contribution in [0.5, 0.6) is 0 Å². The van der Waals surface area contributed by atoms with E-state index in [4.69, 9.17) is 0 Å². The topological polar surface area (TPSA) is 50.2 Å². The van der Waals surface area contributed by atoms with Crippen molar-refractivity contribution in [3.05, 3.63) is 47.9 Å². The first kappa shape index (κ1) is 19.0. The lowest BCUT2D eigenvalue weighted by Crippen LogP contribution is -2.39. The molecule has 0 aromatic carbocycles. The fourth-order valence-electron chi connectivity index (χ4n) is 3.66. The van der Waals surface area contributed by atoms with E-state index in [1.54, 1.807) is 6.20 Å². The molecule has 1 amide bonds. The first-order valence-corrected chi connectivity index (χ1v) is 10.6. The third kappa shape index (κ3) is 4.48. The normalized spacial score (nSPS) is 16.8. The Kier molecular flexibility index (Phi) is 6.74. The molecule has 26 heavy (non-hydrogen) atoms. The summed E-state index contributed by atoms with van der Waals surface area (Å²) >= 11 is 1.50. The molecule has 0 bridgehead atoms. The van der Waals surface area contributed by atoms with Crippen molar-refractivity contribution < 1.29 is 4.79 Å². The van der Waals surface area contributed by atoms with Crippen LogP contribution >= 0.6 is 11.8 Å². The van der Waals surface area contributed by atoms with Gasteiger partial charge < -0.3 is 9.88 Å². The smallest absolute Gasteiger partial charge is 0.254 e. The van der Waals surface area contributed by atoms with Crippen molar-refractivity contribution in [3.8, 4) is 0 Å². The molecule has 1 atom stereocenters. The number of aryl methyl sites for hydroxylation is 1. The summed E-state index contributed by atoms with van der Waals surface area (Å²) in [4.78, 5) is 19.6. The molecule has 1 N–H and O–H groups in total. The number of carbonyl (C=O) groups excluding carboxylic acids is 1. The molecular weight excluding hydrogens is 344 g/mol. The van der Waals surface area contributed by atoms with Gasteiger partial charge in [0.15, 0.2) is 0 Å². The van der Waals surface area contributed by atoms with Crippen molar-refractivity contribution in [2.24, 2.45) is 7.05 Å². The quantitative estimate of drug-likeness (QED) is 0.789. The summed E-state index contributed by atoms with van der Waals surface area (Å²) in [6, 6.07) is 8.11. The number of aromatic nitrogens is 2. The van der Waals surface area contributed by atoms with Crippen LogP contribution < -0.4 is 5.32 Å². The van der Waals surface area contributed by atoms with E-state index in [2.05, 4.69) is 45.1 Å². The summed E-state index contributed by atoms with van der Waals surface area (Å²) in [5.74, 6) is -0.0449. The van der Waals surface area contributed by atoms with Crippen LogP contribution in [0, 0.1) is 0 Å². The van der Waals surface area contributed by atoms with Crippen LogP contribution in [0.2, 0.25) is 0 Å². The van der Waals surface area contributed by atoms with Gasteiger partial charge in [0.25, 0.3) is 5.91 Å². The third-order valence-electron chi connectivity index (χ3n) is 5.07. The summed E-state index contributed by atoms with van der Waals surface area (Å²) in [5, 5.41) is 3.93. The molecule has 2 aromatic rings. The van der Waals surface area contributed by atoms with Gasteiger partial charge in [0, 0.05) is 31.7 Å². The number of hydrogen-bond acceptors (Lipinski definition) is 4. The van der Waals surface area contributed by atoms with Gasteiger partial charge in [-0.15, -0.1) is 11.8 Å². The molecule has 3 rings (SSSR count). The van der Waals surface area contributed by atoms with Crippen LogP contribution in [0.4, 0.5) is 0 Å². The number of carbonyl (C=O) groups is 1. The highest BCUT2D eigenvalue weighted by atomic mass is 32.2. The molecule has 6 heteroatoms. The van der Waals surface area contributed by atoms with Crippen molar-refractivity contribution in [2.45, 2.75) is 36.8 Å². The lowest BCUT2D eigenvalue weighted by Gasteiger charge is -2.31. The number of amides is 1. The standard InChI is InChI=1S/C20H28N4OS/c1-23-12-8-10-17(23)18(24-13-5-3-4-6-14-24)15-22-19(25)16-9-7-11-21-20(16)26-2/h7-12,18H,3-6,13-15H2,1-2H3,(H,22,25). The van der Waals surface area contributed by atoms with Crippen LogP contribution in [-0.2, 0) is 7.05 Å². The van der Waals surface area contributed by atoms with Crippen molar-refractivity contribution >= 4 is 17.7 Å². The molecule has 0 spiro atoms. The molecule has 1 aliphatic heterocycles. The van der Waals surface area contributed by atoms with Gasteiger partial charge in [0.1, 0.15) is 5.03 Å². The predicted molar refractivity (Wildman–Crippen MR) is 107 cm³/mol. The number of rotatable bonds is 6. The van der Waals surface area contributed by atoms with Gasteiger partial charge >= 0.3 is 0 Å².